The zero-order chi connectivity index (χ0) is 91.9. The van der Waals surface area contributed by atoms with E-state index in [1.807, 2.05) is 140 Å². The molecule has 0 heterocycles. The maximum atomic E-state index is 6.61. The summed E-state index contributed by atoms with van der Waals surface area (Å²) in [5.41, 5.74) is 12.2. The average molecular weight is 2140 g/mol. The lowest BCUT2D eigenvalue weighted by Crippen LogP contribution is -2.25. The van der Waals surface area contributed by atoms with Crippen LogP contribution in [0.15, 0.2) is 395 Å². The molecule has 0 aliphatic rings. The van der Waals surface area contributed by atoms with Gasteiger partial charge in [0.2, 0.25) is 0 Å². The van der Waals surface area contributed by atoms with Crippen molar-refractivity contribution in [3.05, 3.63) is 472 Å². The van der Waals surface area contributed by atoms with E-state index in [1.165, 1.54) is 38.9 Å². The van der Waals surface area contributed by atoms with E-state index in [-0.39, 0.29) is 10.8 Å². The molecule has 8 nitrogen and oxygen atoms in total. The maximum Gasteiger partial charge on any atom is 0.147 e. The lowest BCUT2D eigenvalue weighted by Gasteiger charge is -2.33. The number of rotatable bonds is 44. The molecule has 12 aromatic carbocycles. The Kier molecular flexibility index (Phi) is 41.8. The summed E-state index contributed by atoms with van der Waals surface area (Å²) in [4.78, 5) is 0. The van der Waals surface area contributed by atoms with Gasteiger partial charge in [0.15, 0.2) is 0 Å². The minimum Gasteiger partial charge on any atom is -0.493 e. The fourth-order valence-electron chi connectivity index (χ4n) is 14.6. The molecule has 12 aromatic rings. The normalized spacial score (nSPS) is 11.1. The van der Waals surface area contributed by atoms with Crippen molar-refractivity contribution in [1.82, 2.24) is 0 Å². The highest BCUT2D eigenvalue weighted by Crippen LogP contribution is 2.50. The van der Waals surface area contributed by atoms with E-state index in [9.17, 15) is 0 Å². The van der Waals surface area contributed by atoms with Crippen LogP contribution in [0.2, 0.25) is 10.0 Å². The van der Waals surface area contributed by atoms with E-state index in [2.05, 4.69) is 352 Å². The summed E-state index contributed by atoms with van der Waals surface area (Å²) >= 11 is 35.6. The topological polar surface area (TPSA) is 73.8 Å². The third kappa shape index (κ3) is 27.3. The van der Waals surface area contributed by atoms with Gasteiger partial charge in [0, 0.05) is 21.7 Å². The van der Waals surface area contributed by atoms with Crippen LogP contribution < -0.4 is 37.9 Å². The van der Waals surface area contributed by atoms with E-state index < -0.39 is 10.8 Å². The minimum atomic E-state index is -0.478. The van der Waals surface area contributed by atoms with Crippen LogP contribution >= 0.6 is 119 Å². The lowest BCUT2D eigenvalue weighted by atomic mass is 9.71. The van der Waals surface area contributed by atoms with Crippen LogP contribution in [-0.2, 0) is 21.7 Å². The molecule has 0 aliphatic heterocycles. The summed E-state index contributed by atoms with van der Waals surface area (Å²) in [6, 6.07) is 91.9. The quantitative estimate of drug-likeness (QED) is 0.0212. The molecule has 664 valence electrons. The summed E-state index contributed by atoms with van der Waals surface area (Å²) in [7, 11) is 0. The van der Waals surface area contributed by atoms with Gasteiger partial charge < -0.3 is 37.9 Å². The standard InChI is InChI=1S/C28H26Br4O2.C28H28Br2O2.C28H28Cl2O2.C28H30O2/c1-4-6-13-33-26-22(29)15-20(16-23(26)30)28(3,19-11-9-8-10-12-19)21-17-24(31)27(25(32)18-21)34-14-7-5-2;2*1-4-6-17-31-26-15-13-22(19-24(26)29)28(3,21-11-9-8-10-12-21)23-14-16-27(25(30)20-23)32-18-7-5-2;1-4-6-21-29-26-17-13-24(14-18-26)28(3,23-11-9-8-10-12-23)25-15-19-27(20-16-25)30-22-7-5-2/h4-5,8-12,15-18H,1-2,6-7,13-14H2,3H3;2*4-5,8-16,19-20H,1-2,6-7,17-18H2,3H3;4-5,8-20H,1-2,6-7,21-22H2,3H3. The molecule has 0 aliphatic carbocycles. The van der Waals surface area contributed by atoms with Gasteiger partial charge in [-0.1, -0.05) is 242 Å². The molecule has 0 unspecified atom stereocenters. The average Bonchev–Trinajstić information content (AvgIpc) is 0.727. The largest absolute Gasteiger partial charge is 0.493 e. The molecule has 0 saturated carbocycles. The van der Waals surface area contributed by atoms with Crippen LogP contribution in [-0.4, -0.2) is 52.9 Å². The minimum absolute atomic E-state index is 0.291. The van der Waals surface area contributed by atoms with Crippen molar-refractivity contribution >= 4 is 119 Å². The Morgan fingerprint density at radius 1 is 0.219 bits per heavy atom. The number of ether oxygens (including phenoxy) is 8. The third-order valence-electron chi connectivity index (χ3n) is 22.1. The van der Waals surface area contributed by atoms with Crippen LogP contribution in [0.3, 0.4) is 0 Å². The summed E-state index contributed by atoms with van der Waals surface area (Å²) in [6.45, 7) is 43.6. The monoisotopic (exact) mass is 2130 g/mol. The van der Waals surface area contributed by atoms with Crippen LogP contribution in [0.1, 0.15) is 146 Å². The zero-order valence-electron chi connectivity index (χ0n) is 73.3. The number of halogens is 8. The molecule has 16 heteroatoms. The van der Waals surface area contributed by atoms with E-state index in [1.54, 1.807) is 0 Å². The van der Waals surface area contributed by atoms with Gasteiger partial charge in [0.1, 0.15) is 46.0 Å². The van der Waals surface area contributed by atoms with Gasteiger partial charge in [-0.3, -0.25) is 0 Å². The Hall–Kier alpha value is -9.58. The van der Waals surface area contributed by atoms with Gasteiger partial charge >= 0.3 is 0 Å². The second kappa shape index (κ2) is 52.3. The van der Waals surface area contributed by atoms with E-state index in [0.717, 1.165) is 141 Å². The van der Waals surface area contributed by atoms with E-state index >= 15 is 0 Å². The molecule has 0 N–H and O–H groups in total. The highest BCUT2D eigenvalue weighted by atomic mass is 79.9. The molecule has 0 radical (unpaired) electrons. The first-order valence-electron chi connectivity index (χ1n) is 42.5. The molecule has 12 rings (SSSR count). The summed E-state index contributed by atoms with van der Waals surface area (Å²) in [5, 5.41) is 1.15. The van der Waals surface area contributed by atoms with Crippen LogP contribution in [0.5, 0.6) is 46.0 Å². The maximum absolute atomic E-state index is 6.61. The first-order valence-corrected chi connectivity index (χ1v) is 48.0. The Bertz CT molecular complexity index is 5120. The molecule has 0 atom stereocenters. The number of hydrogen-bond acceptors (Lipinski definition) is 8. The summed E-state index contributed by atoms with van der Waals surface area (Å²) in [6.07, 6.45) is 21.2. The van der Waals surface area contributed by atoms with Gasteiger partial charge in [-0.2, -0.15) is 0 Å². The molecule has 0 aromatic heterocycles. The molecule has 0 amide bonds. The van der Waals surface area contributed by atoms with Crippen molar-refractivity contribution in [1.29, 1.82) is 0 Å². The van der Waals surface area contributed by atoms with Crippen LogP contribution in [0.4, 0.5) is 0 Å². The Morgan fingerprint density at radius 3 is 0.664 bits per heavy atom. The van der Waals surface area contributed by atoms with Crippen molar-refractivity contribution in [2.75, 3.05) is 52.9 Å². The first kappa shape index (κ1) is 102. The predicted octanol–water partition coefficient (Wildman–Crippen LogP) is 33.7. The zero-order valence-corrected chi connectivity index (χ0v) is 84.3. The number of benzene rings is 12. The van der Waals surface area contributed by atoms with Gasteiger partial charge in [-0.25, -0.2) is 0 Å². The summed E-state index contributed by atoms with van der Waals surface area (Å²) in [5.74, 6) is 6.32. The molecular weight excluding hydrogens is 2020 g/mol. The van der Waals surface area contributed by atoms with Gasteiger partial charge in [0.05, 0.1) is 89.7 Å². The van der Waals surface area contributed by atoms with Gasteiger partial charge in [0.25, 0.3) is 0 Å². The predicted molar refractivity (Wildman–Crippen MR) is 558 cm³/mol. The second-order valence-electron chi connectivity index (χ2n) is 30.5. The van der Waals surface area contributed by atoms with Crippen LogP contribution in [0.25, 0.3) is 0 Å². The van der Waals surface area contributed by atoms with Crippen molar-refractivity contribution in [2.45, 2.75) is 101 Å². The van der Waals surface area contributed by atoms with Crippen LogP contribution in [0, 0.1) is 0 Å². The second-order valence-corrected chi connectivity index (χ2v) is 36.5. The molecule has 0 saturated heterocycles. The molecule has 0 spiro atoms. The lowest BCUT2D eigenvalue weighted by molar-refractivity contribution is 0.320. The fourth-order valence-corrected chi connectivity index (χ4v) is 18.8. The van der Waals surface area contributed by atoms with E-state index in [4.69, 9.17) is 61.1 Å². The van der Waals surface area contributed by atoms with Crippen molar-refractivity contribution in [2.24, 2.45) is 0 Å². The first-order chi connectivity index (χ1) is 62.0. The molecule has 0 fully saturated rings. The van der Waals surface area contributed by atoms with Gasteiger partial charge in [-0.15, -0.1) is 52.6 Å². The highest BCUT2D eigenvalue weighted by Gasteiger charge is 2.37. The fraction of sp³-hybridized carbons (Fsp3) is 0.214. The Labute approximate surface area is 820 Å². The molecule has 128 heavy (non-hydrogen) atoms. The van der Waals surface area contributed by atoms with E-state index in [0.29, 0.717) is 74.4 Å². The van der Waals surface area contributed by atoms with Crippen molar-refractivity contribution in [3.8, 4) is 46.0 Å². The highest BCUT2D eigenvalue weighted by molar-refractivity contribution is 9.11. The molecule has 0 bridgehead atoms. The summed E-state index contributed by atoms with van der Waals surface area (Å²) < 4.78 is 52.4. The van der Waals surface area contributed by atoms with Crippen molar-refractivity contribution < 1.29 is 37.9 Å². The molecular formula is C112H112Br6Cl2O8. The third-order valence-corrected chi connectivity index (χ3v) is 26.3. The number of hydrogen-bond donors (Lipinski definition) is 0. The van der Waals surface area contributed by atoms with Crippen molar-refractivity contribution in [3.63, 3.8) is 0 Å². The van der Waals surface area contributed by atoms with Gasteiger partial charge in [-0.05, 0) is 338 Å². The smallest absolute Gasteiger partial charge is 0.147 e. The Balaban J connectivity index is 0.000000193. The SMILES string of the molecule is C=CCCOc1c(Br)cc(C(C)(c2ccccc2)c2cc(Br)c(OCCC=C)c(Br)c2)cc1Br.C=CCCOc1ccc(C(C)(c2ccccc2)c2ccc(OCCC=C)c(Br)c2)cc1Br.C=CCCOc1ccc(C(C)(c2ccccc2)c2ccc(OCCC=C)c(Cl)c2)cc1Cl.C=CCCOc1ccc(C(C)(c2ccccc2)c2ccc(OCCC=C)cc2)cc1. The Morgan fingerprint density at radius 2 is 0.414 bits per heavy atom.